The lowest BCUT2D eigenvalue weighted by Crippen LogP contribution is -2.19. The van der Waals surface area contributed by atoms with Crippen molar-refractivity contribution in [3.63, 3.8) is 0 Å². The predicted molar refractivity (Wildman–Crippen MR) is 115 cm³/mol. The van der Waals surface area contributed by atoms with Crippen LogP contribution in [0.4, 0.5) is 18.9 Å². The smallest absolute Gasteiger partial charge is 0.497 e. The molecular weight excluding hydrogens is 423 g/mol. The van der Waals surface area contributed by atoms with E-state index in [1.807, 2.05) is 0 Å². The Morgan fingerprint density at radius 2 is 1.53 bits per heavy atom. The van der Waals surface area contributed by atoms with Gasteiger partial charge in [0.05, 0.1) is 12.8 Å². The summed E-state index contributed by atoms with van der Waals surface area (Å²) < 4.78 is 46.0. The Hall–Kier alpha value is -3.81. The molecule has 3 rings (SSSR count). The lowest BCUT2D eigenvalue weighted by Gasteiger charge is -2.14. The number of carboxylic acids is 1. The minimum absolute atomic E-state index is 0.312. The van der Waals surface area contributed by atoms with Crippen molar-refractivity contribution < 1.29 is 32.5 Å². The number of aliphatic imine (C=N–C) groups is 1. The Morgan fingerprint density at radius 1 is 0.938 bits per heavy atom. The van der Waals surface area contributed by atoms with Gasteiger partial charge in [0.25, 0.3) is 0 Å². The van der Waals surface area contributed by atoms with Crippen molar-refractivity contribution in [1.82, 2.24) is 0 Å². The molecule has 0 bridgehead atoms. The largest absolute Gasteiger partial charge is 0.573 e. The fraction of sp³-hybridized carbons (Fsp3) is 0.167. The summed E-state index contributed by atoms with van der Waals surface area (Å²) in [6.45, 7) is 1.64. The summed E-state index contributed by atoms with van der Waals surface area (Å²) in [5.74, 6) is -1.71. The maximum absolute atomic E-state index is 12.3. The number of halogens is 3. The molecule has 1 unspecified atom stereocenters. The first-order valence-corrected chi connectivity index (χ1v) is 9.54. The number of aliphatic carboxylic acids is 1. The highest BCUT2D eigenvalue weighted by atomic mass is 19.4. The van der Waals surface area contributed by atoms with Crippen LogP contribution in [0.1, 0.15) is 18.4 Å². The zero-order valence-corrected chi connectivity index (χ0v) is 17.3. The van der Waals surface area contributed by atoms with Gasteiger partial charge in [0.1, 0.15) is 17.4 Å². The van der Waals surface area contributed by atoms with Crippen molar-refractivity contribution in [3.05, 3.63) is 78.4 Å². The third-order valence-corrected chi connectivity index (χ3v) is 4.69. The Morgan fingerprint density at radius 3 is 2.06 bits per heavy atom. The average molecular weight is 443 g/mol. The molecule has 0 aliphatic heterocycles. The van der Waals surface area contributed by atoms with Crippen molar-refractivity contribution in [3.8, 4) is 22.6 Å². The van der Waals surface area contributed by atoms with E-state index in [0.29, 0.717) is 28.3 Å². The number of carboxylic acid groups (broad SMARTS) is 1. The van der Waals surface area contributed by atoms with Gasteiger partial charge in [0.2, 0.25) is 0 Å². The molecule has 0 saturated heterocycles. The number of nitrogens with zero attached hydrogens (tertiary/aromatic N) is 1. The van der Waals surface area contributed by atoms with Gasteiger partial charge in [-0.05, 0) is 47.9 Å². The van der Waals surface area contributed by atoms with E-state index in [0.717, 1.165) is 5.56 Å². The van der Waals surface area contributed by atoms with E-state index in [-0.39, 0.29) is 5.75 Å². The lowest BCUT2D eigenvalue weighted by molar-refractivity contribution is -0.274. The Bertz CT molecular complexity index is 1110. The summed E-state index contributed by atoms with van der Waals surface area (Å²) in [5.41, 5.74) is 2.89. The van der Waals surface area contributed by atoms with Crippen LogP contribution in [0.15, 0.2) is 77.8 Å². The molecule has 3 aromatic rings. The second kappa shape index (κ2) is 9.55. The van der Waals surface area contributed by atoms with Crippen LogP contribution in [0.25, 0.3) is 11.1 Å². The van der Waals surface area contributed by atoms with Gasteiger partial charge >= 0.3 is 12.3 Å². The molecule has 5 nitrogen and oxygen atoms in total. The third-order valence-electron chi connectivity index (χ3n) is 4.69. The van der Waals surface area contributed by atoms with E-state index < -0.39 is 18.2 Å². The number of methoxy groups -OCH3 is 1. The van der Waals surface area contributed by atoms with E-state index in [1.165, 1.54) is 31.4 Å². The molecule has 0 radical (unpaired) electrons. The summed E-state index contributed by atoms with van der Waals surface area (Å²) >= 11 is 0. The van der Waals surface area contributed by atoms with Crippen molar-refractivity contribution in [2.45, 2.75) is 19.2 Å². The molecule has 0 spiro atoms. The SMILES string of the molecule is COc1cccc(/N=C(/C)C(C(=O)O)c2ccc(-c3ccc(OC(F)(F)F)cc3)cc2)c1. The molecule has 0 heterocycles. The molecule has 1 atom stereocenters. The molecule has 0 saturated carbocycles. The molecule has 3 aromatic carbocycles. The molecule has 0 aliphatic rings. The van der Waals surface area contributed by atoms with Gasteiger partial charge in [-0.3, -0.25) is 9.79 Å². The predicted octanol–water partition coefficient (Wildman–Crippen LogP) is 6.22. The molecule has 0 aliphatic carbocycles. The van der Waals surface area contributed by atoms with Crippen LogP contribution in [0, 0.1) is 0 Å². The van der Waals surface area contributed by atoms with Crippen molar-refractivity contribution in [2.75, 3.05) is 7.11 Å². The minimum atomic E-state index is -4.75. The number of alkyl halides is 3. The van der Waals surface area contributed by atoms with Gasteiger partial charge in [-0.1, -0.05) is 42.5 Å². The summed E-state index contributed by atoms with van der Waals surface area (Å²) in [6, 6.07) is 19.2. The zero-order valence-electron chi connectivity index (χ0n) is 17.3. The van der Waals surface area contributed by atoms with Crippen LogP contribution in [0.3, 0.4) is 0 Å². The zero-order chi connectivity index (χ0) is 23.3. The summed E-state index contributed by atoms with van der Waals surface area (Å²) in [6.07, 6.45) is -4.75. The molecule has 0 amide bonds. The quantitative estimate of drug-likeness (QED) is 0.440. The second-order valence-corrected chi connectivity index (χ2v) is 6.92. The van der Waals surface area contributed by atoms with E-state index in [4.69, 9.17) is 4.74 Å². The first-order chi connectivity index (χ1) is 15.2. The molecular formula is C24H20F3NO4. The lowest BCUT2D eigenvalue weighted by atomic mass is 9.93. The fourth-order valence-corrected chi connectivity index (χ4v) is 3.23. The molecule has 0 aromatic heterocycles. The highest BCUT2D eigenvalue weighted by Gasteiger charge is 2.31. The first-order valence-electron chi connectivity index (χ1n) is 9.54. The third kappa shape index (κ3) is 5.87. The van der Waals surface area contributed by atoms with Gasteiger partial charge in [0.15, 0.2) is 0 Å². The van der Waals surface area contributed by atoms with E-state index in [1.54, 1.807) is 55.5 Å². The van der Waals surface area contributed by atoms with Gasteiger partial charge in [-0.15, -0.1) is 13.2 Å². The number of rotatable bonds is 7. The Labute approximate surface area is 182 Å². The van der Waals surface area contributed by atoms with Gasteiger partial charge in [-0.25, -0.2) is 0 Å². The van der Waals surface area contributed by atoms with Crippen LogP contribution in [-0.4, -0.2) is 30.3 Å². The first kappa shape index (κ1) is 22.9. The number of hydrogen-bond acceptors (Lipinski definition) is 4. The van der Waals surface area contributed by atoms with Crippen molar-refractivity contribution in [2.24, 2.45) is 4.99 Å². The van der Waals surface area contributed by atoms with E-state index >= 15 is 0 Å². The summed E-state index contributed by atoms with van der Waals surface area (Å²) in [5, 5.41) is 9.77. The molecule has 8 heteroatoms. The molecule has 0 fully saturated rings. The summed E-state index contributed by atoms with van der Waals surface area (Å²) in [7, 11) is 1.54. The molecule has 32 heavy (non-hydrogen) atoms. The minimum Gasteiger partial charge on any atom is -0.497 e. The highest BCUT2D eigenvalue weighted by Crippen LogP contribution is 2.29. The Kier molecular flexibility index (Phi) is 6.82. The normalized spacial score (nSPS) is 12.8. The molecule has 1 N–H and O–H groups in total. The topological polar surface area (TPSA) is 68.1 Å². The van der Waals surface area contributed by atoms with Crippen LogP contribution in [0.5, 0.6) is 11.5 Å². The maximum atomic E-state index is 12.3. The van der Waals surface area contributed by atoms with Crippen molar-refractivity contribution in [1.29, 1.82) is 0 Å². The van der Waals surface area contributed by atoms with Crippen LogP contribution >= 0.6 is 0 Å². The van der Waals surface area contributed by atoms with Crippen molar-refractivity contribution >= 4 is 17.4 Å². The molecule has 166 valence electrons. The number of hydrogen-bond donors (Lipinski definition) is 1. The standard InChI is InChI=1S/C24H20F3NO4/c1-15(28-19-4-3-5-21(14-19)31-2)22(23(29)30)18-8-6-16(7-9-18)17-10-12-20(13-11-17)32-24(25,26)27/h3-14,22H,1-2H3,(H,29,30)/b28-15-. The Balaban J connectivity index is 1.83. The highest BCUT2D eigenvalue weighted by molar-refractivity contribution is 6.06. The van der Waals surface area contributed by atoms with Gasteiger partial charge in [0, 0.05) is 11.8 Å². The number of carbonyl (C=O) groups is 1. The summed E-state index contributed by atoms with van der Waals surface area (Å²) in [4.78, 5) is 16.4. The van der Waals surface area contributed by atoms with E-state index in [9.17, 15) is 23.1 Å². The van der Waals surface area contributed by atoms with Crippen LogP contribution < -0.4 is 9.47 Å². The van der Waals surface area contributed by atoms with Crippen LogP contribution in [0.2, 0.25) is 0 Å². The fourth-order valence-electron chi connectivity index (χ4n) is 3.23. The average Bonchev–Trinajstić information content (AvgIpc) is 2.74. The van der Waals surface area contributed by atoms with Crippen LogP contribution in [-0.2, 0) is 4.79 Å². The monoisotopic (exact) mass is 443 g/mol. The van der Waals surface area contributed by atoms with Gasteiger partial charge in [-0.2, -0.15) is 0 Å². The number of ether oxygens (including phenoxy) is 2. The second-order valence-electron chi connectivity index (χ2n) is 6.92. The maximum Gasteiger partial charge on any atom is 0.573 e. The number of benzene rings is 3. The van der Waals surface area contributed by atoms with E-state index in [2.05, 4.69) is 9.73 Å². The van der Waals surface area contributed by atoms with Gasteiger partial charge < -0.3 is 14.6 Å².